The van der Waals surface area contributed by atoms with Crippen molar-refractivity contribution in [3.05, 3.63) is 67.6 Å². The maximum atomic E-state index is 10.3. The van der Waals surface area contributed by atoms with Crippen molar-refractivity contribution >= 4 is 46.4 Å². The Bertz CT molecular complexity index is 563. The topological polar surface area (TPSA) is 20.2 Å². The average molecular weight is 322 g/mol. The highest BCUT2D eigenvalue weighted by Gasteiger charge is 2.19. The van der Waals surface area contributed by atoms with E-state index in [1.807, 2.05) is 0 Å². The van der Waals surface area contributed by atoms with E-state index < -0.39 is 6.10 Å². The van der Waals surface area contributed by atoms with Gasteiger partial charge in [-0.1, -0.05) is 58.5 Å². The van der Waals surface area contributed by atoms with Crippen LogP contribution in [-0.4, -0.2) is 5.11 Å². The van der Waals surface area contributed by atoms with Gasteiger partial charge in [0.25, 0.3) is 0 Å². The lowest BCUT2D eigenvalue weighted by Gasteiger charge is -2.16. The molecular formula is C13H8Cl4O. The molecule has 0 spiro atoms. The Kier molecular flexibility index (Phi) is 4.41. The maximum absolute atomic E-state index is 10.3. The van der Waals surface area contributed by atoms with Gasteiger partial charge in [0.1, 0.15) is 6.10 Å². The van der Waals surface area contributed by atoms with Crippen molar-refractivity contribution < 1.29 is 5.11 Å². The summed E-state index contributed by atoms with van der Waals surface area (Å²) >= 11 is 23.9. The van der Waals surface area contributed by atoms with Crippen LogP contribution in [0.2, 0.25) is 20.1 Å². The highest BCUT2D eigenvalue weighted by molar-refractivity contribution is 6.36. The third-order valence-corrected chi connectivity index (χ3v) is 3.75. The lowest BCUT2D eigenvalue weighted by molar-refractivity contribution is 0.220. The first-order valence-corrected chi connectivity index (χ1v) is 6.59. The number of hydrogen-bond donors (Lipinski definition) is 1. The highest BCUT2D eigenvalue weighted by atomic mass is 35.5. The Morgan fingerprint density at radius 1 is 0.833 bits per heavy atom. The fraction of sp³-hybridized carbons (Fsp3) is 0.0769. The van der Waals surface area contributed by atoms with Crippen LogP contribution >= 0.6 is 46.4 Å². The monoisotopic (exact) mass is 320 g/mol. The maximum Gasteiger partial charge on any atom is 0.108 e. The van der Waals surface area contributed by atoms with Crippen LogP contribution in [-0.2, 0) is 0 Å². The van der Waals surface area contributed by atoms with Gasteiger partial charge in [0.05, 0.1) is 0 Å². The fourth-order valence-corrected chi connectivity index (χ4v) is 2.77. The lowest BCUT2D eigenvalue weighted by Crippen LogP contribution is -2.02. The van der Waals surface area contributed by atoms with E-state index in [2.05, 4.69) is 0 Å². The molecule has 0 saturated carbocycles. The van der Waals surface area contributed by atoms with Crippen LogP contribution in [0.15, 0.2) is 36.4 Å². The van der Waals surface area contributed by atoms with Crippen LogP contribution in [0.25, 0.3) is 0 Å². The van der Waals surface area contributed by atoms with Crippen molar-refractivity contribution in [2.75, 3.05) is 0 Å². The molecule has 1 unspecified atom stereocenters. The summed E-state index contributed by atoms with van der Waals surface area (Å²) in [5.74, 6) is 0. The van der Waals surface area contributed by atoms with Crippen LogP contribution in [0.5, 0.6) is 0 Å². The fourth-order valence-electron chi connectivity index (χ4n) is 1.65. The second-order valence-electron chi connectivity index (χ2n) is 3.70. The predicted octanol–water partition coefficient (Wildman–Crippen LogP) is 5.38. The van der Waals surface area contributed by atoms with E-state index in [4.69, 9.17) is 46.4 Å². The number of halogens is 4. The average Bonchev–Trinajstić information content (AvgIpc) is 2.28. The molecule has 1 N–H and O–H groups in total. The Morgan fingerprint density at radius 2 is 1.44 bits per heavy atom. The summed E-state index contributed by atoms with van der Waals surface area (Å²) in [5.41, 5.74) is 0.945. The zero-order valence-corrected chi connectivity index (χ0v) is 12.0. The van der Waals surface area contributed by atoms with Gasteiger partial charge in [-0.2, -0.15) is 0 Å². The molecule has 0 saturated heterocycles. The molecule has 2 rings (SSSR count). The van der Waals surface area contributed by atoms with Gasteiger partial charge in [-0.15, -0.1) is 0 Å². The molecule has 18 heavy (non-hydrogen) atoms. The van der Waals surface area contributed by atoms with E-state index in [0.29, 0.717) is 31.2 Å². The lowest BCUT2D eigenvalue weighted by atomic mass is 10.0. The molecule has 1 nitrogen and oxygen atoms in total. The minimum Gasteiger partial charge on any atom is -0.383 e. The van der Waals surface area contributed by atoms with Crippen molar-refractivity contribution in [2.45, 2.75) is 6.10 Å². The summed E-state index contributed by atoms with van der Waals surface area (Å²) in [7, 11) is 0. The largest absolute Gasteiger partial charge is 0.383 e. The van der Waals surface area contributed by atoms with Crippen molar-refractivity contribution in [3.8, 4) is 0 Å². The molecule has 0 aliphatic rings. The minimum absolute atomic E-state index is 0.367. The highest BCUT2D eigenvalue weighted by Crippen LogP contribution is 2.37. The summed E-state index contributed by atoms with van der Waals surface area (Å²) in [6.07, 6.45) is -0.990. The second-order valence-corrected chi connectivity index (χ2v) is 5.36. The Hall–Kier alpha value is -0.440. The summed E-state index contributed by atoms with van der Waals surface area (Å²) in [6, 6.07) is 9.90. The van der Waals surface area contributed by atoms with Gasteiger partial charge in [-0.3, -0.25) is 0 Å². The molecule has 0 aromatic heterocycles. The zero-order chi connectivity index (χ0) is 13.3. The van der Waals surface area contributed by atoms with Gasteiger partial charge in [0, 0.05) is 31.2 Å². The van der Waals surface area contributed by atoms with Crippen LogP contribution in [0.4, 0.5) is 0 Å². The molecule has 5 heteroatoms. The first kappa shape index (κ1) is 14.0. The molecule has 0 aliphatic carbocycles. The molecule has 94 valence electrons. The Labute approximate surface area is 125 Å². The third kappa shape index (κ3) is 2.76. The van der Waals surface area contributed by atoms with Gasteiger partial charge in [-0.25, -0.2) is 0 Å². The number of benzene rings is 2. The SMILES string of the molecule is OC(c1ccc(Cl)cc1Cl)c1c(Cl)cccc1Cl. The van der Waals surface area contributed by atoms with Crippen LogP contribution < -0.4 is 0 Å². The van der Waals surface area contributed by atoms with Gasteiger partial charge in [-0.05, 0) is 24.3 Å². The van der Waals surface area contributed by atoms with E-state index in [0.717, 1.165) is 0 Å². The Balaban J connectivity index is 2.51. The first-order valence-electron chi connectivity index (χ1n) is 5.07. The van der Waals surface area contributed by atoms with Crippen LogP contribution in [0.1, 0.15) is 17.2 Å². The predicted molar refractivity (Wildman–Crippen MR) is 77.0 cm³/mol. The van der Waals surface area contributed by atoms with Crippen molar-refractivity contribution in [1.82, 2.24) is 0 Å². The quantitative estimate of drug-likeness (QED) is 0.787. The van der Waals surface area contributed by atoms with E-state index >= 15 is 0 Å². The summed E-state index contributed by atoms with van der Waals surface area (Å²) in [6.45, 7) is 0. The molecule has 2 aromatic rings. The van der Waals surface area contributed by atoms with Crippen molar-refractivity contribution in [1.29, 1.82) is 0 Å². The van der Waals surface area contributed by atoms with Crippen LogP contribution in [0, 0.1) is 0 Å². The number of aliphatic hydroxyl groups excluding tert-OH is 1. The molecule has 0 aliphatic heterocycles. The molecule has 0 fully saturated rings. The standard InChI is InChI=1S/C13H8Cl4O/c14-7-4-5-8(11(17)6-7)13(18)12-9(15)2-1-3-10(12)16/h1-6,13,18H. The van der Waals surface area contributed by atoms with Crippen LogP contribution in [0.3, 0.4) is 0 Å². The van der Waals surface area contributed by atoms with Gasteiger partial charge < -0.3 is 5.11 Å². The van der Waals surface area contributed by atoms with Gasteiger partial charge in [0.2, 0.25) is 0 Å². The van der Waals surface area contributed by atoms with E-state index in [1.54, 1.807) is 36.4 Å². The second kappa shape index (κ2) is 5.68. The van der Waals surface area contributed by atoms with Gasteiger partial charge in [0.15, 0.2) is 0 Å². The molecule has 0 bridgehead atoms. The summed E-state index contributed by atoms with van der Waals surface area (Å²) < 4.78 is 0. The molecule has 0 radical (unpaired) electrons. The van der Waals surface area contributed by atoms with E-state index in [9.17, 15) is 5.11 Å². The summed E-state index contributed by atoms with van der Waals surface area (Å²) in [5, 5.41) is 12.0. The number of aliphatic hydroxyl groups is 1. The number of hydrogen-bond acceptors (Lipinski definition) is 1. The molecular weight excluding hydrogens is 314 g/mol. The van der Waals surface area contributed by atoms with Gasteiger partial charge >= 0.3 is 0 Å². The zero-order valence-electron chi connectivity index (χ0n) is 9.00. The third-order valence-electron chi connectivity index (χ3n) is 2.53. The first-order chi connectivity index (χ1) is 8.50. The van der Waals surface area contributed by atoms with Crippen molar-refractivity contribution in [2.24, 2.45) is 0 Å². The van der Waals surface area contributed by atoms with E-state index in [-0.39, 0.29) is 0 Å². The smallest absolute Gasteiger partial charge is 0.108 e. The summed E-state index contributed by atoms with van der Waals surface area (Å²) in [4.78, 5) is 0. The number of rotatable bonds is 2. The molecule has 0 amide bonds. The molecule has 0 heterocycles. The molecule has 2 aromatic carbocycles. The normalized spacial score (nSPS) is 12.5. The molecule has 1 atom stereocenters. The minimum atomic E-state index is -0.990. The Morgan fingerprint density at radius 3 is 2.00 bits per heavy atom. The van der Waals surface area contributed by atoms with Crippen molar-refractivity contribution in [3.63, 3.8) is 0 Å². The van der Waals surface area contributed by atoms with E-state index in [1.165, 1.54) is 0 Å².